The second-order valence-electron chi connectivity index (χ2n) is 6.83. The Bertz CT molecular complexity index is 456. The lowest BCUT2D eigenvalue weighted by molar-refractivity contribution is 0.242. The zero-order valence-electron chi connectivity index (χ0n) is 13.3. The number of rotatable bonds is 7. The van der Waals surface area contributed by atoms with Crippen molar-refractivity contribution in [2.75, 3.05) is 19.6 Å². The molecule has 1 saturated carbocycles. The minimum absolute atomic E-state index is 0.236. The van der Waals surface area contributed by atoms with E-state index in [1.807, 2.05) is 6.07 Å². The molecule has 0 spiro atoms. The predicted octanol–water partition coefficient (Wildman–Crippen LogP) is 3.05. The summed E-state index contributed by atoms with van der Waals surface area (Å²) in [6.07, 6.45) is 4.46. The highest BCUT2D eigenvalue weighted by atomic mass is 16.5. The minimum Gasteiger partial charge on any atom is -0.491 e. The van der Waals surface area contributed by atoms with Crippen molar-refractivity contribution < 1.29 is 4.74 Å². The molecule has 1 saturated heterocycles. The van der Waals surface area contributed by atoms with E-state index in [-0.39, 0.29) is 6.10 Å². The number of nitrogens with one attached hydrogen (secondary N) is 1. The van der Waals surface area contributed by atoms with E-state index in [1.165, 1.54) is 37.9 Å². The largest absolute Gasteiger partial charge is 0.491 e. The van der Waals surface area contributed by atoms with Crippen LogP contribution in [0.3, 0.4) is 0 Å². The fourth-order valence-electron chi connectivity index (χ4n) is 3.22. The van der Waals surface area contributed by atoms with Crippen LogP contribution < -0.4 is 10.1 Å². The molecule has 3 nitrogen and oxygen atoms in total. The summed E-state index contributed by atoms with van der Waals surface area (Å²) >= 11 is 0. The molecule has 3 heteroatoms. The van der Waals surface area contributed by atoms with Crippen molar-refractivity contribution in [1.82, 2.24) is 10.2 Å². The average Bonchev–Trinajstić information content (AvgIpc) is 3.19. The fourth-order valence-corrected chi connectivity index (χ4v) is 3.22. The summed E-state index contributed by atoms with van der Waals surface area (Å²) in [7, 11) is 0. The van der Waals surface area contributed by atoms with Crippen LogP contribution in [0, 0.1) is 5.92 Å². The normalized spacial score (nSPS) is 22.9. The first-order valence-electron chi connectivity index (χ1n) is 8.41. The molecule has 21 heavy (non-hydrogen) atoms. The Morgan fingerprint density at radius 2 is 2.14 bits per heavy atom. The van der Waals surface area contributed by atoms with E-state index >= 15 is 0 Å². The van der Waals surface area contributed by atoms with Crippen molar-refractivity contribution >= 4 is 0 Å². The van der Waals surface area contributed by atoms with Crippen LogP contribution in [0.4, 0.5) is 0 Å². The molecule has 0 radical (unpaired) electrons. The minimum atomic E-state index is 0.236. The molecule has 1 aromatic rings. The Kier molecular flexibility index (Phi) is 4.81. The van der Waals surface area contributed by atoms with Gasteiger partial charge in [0.15, 0.2) is 0 Å². The molecule has 0 amide bonds. The quantitative estimate of drug-likeness (QED) is 0.834. The third-order valence-corrected chi connectivity index (χ3v) is 4.41. The first-order chi connectivity index (χ1) is 10.2. The topological polar surface area (TPSA) is 24.5 Å². The second-order valence-corrected chi connectivity index (χ2v) is 6.83. The lowest BCUT2D eigenvalue weighted by Crippen LogP contribution is -2.27. The van der Waals surface area contributed by atoms with Gasteiger partial charge in [0.05, 0.1) is 6.10 Å². The highest BCUT2D eigenvalue weighted by molar-refractivity contribution is 5.28. The predicted molar refractivity (Wildman–Crippen MR) is 86.6 cm³/mol. The van der Waals surface area contributed by atoms with E-state index in [4.69, 9.17) is 4.74 Å². The molecule has 1 aliphatic carbocycles. The molecule has 1 aromatic carbocycles. The molecule has 1 N–H and O–H groups in total. The van der Waals surface area contributed by atoms with Crippen molar-refractivity contribution in [3.63, 3.8) is 0 Å². The molecule has 1 aliphatic heterocycles. The second kappa shape index (κ2) is 6.80. The van der Waals surface area contributed by atoms with Gasteiger partial charge in [-0.05, 0) is 69.8 Å². The highest BCUT2D eigenvalue weighted by Gasteiger charge is 2.33. The zero-order valence-corrected chi connectivity index (χ0v) is 13.3. The standard InChI is InChI=1S/C18H28N2O/c1-14(2)21-18-5-3-4-15(10-18)11-19-12-16-8-9-20(13-16)17-6-7-17/h3-5,10,14,16-17,19H,6-9,11-13H2,1-2H3. The number of ether oxygens (including phenoxy) is 1. The SMILES string of the molecule is CC(C)Oc1cccc(CNCC2CCN(C3CC3)C2)c1. The maximum atomic E-state index is 5.75. The monoisotopic (exact) mass is 288 g/mol. The Labute approximate surface area is 128 Å². The van der Waals surface area contributed by atoms with Crippen molar-refractivity contribution in [2.45, 2.75) is 51.8 Å². The van der Waals surface area contributed by atoms with Crippen molar-refractivity contribution in [3.8, 4) is 5.75 Å². The molecule has 1 unspecified atom stereocenters. The van der Waals surface area contributed by atoms with Gasteiger partial charge in [-0.15, -0.1) is 0 Å². The summed E-state index contributed by atoms with van der Waals surface area (Å²) in [6, 6.07) is 9.37. The number of hydrogen-bond donors (Lipinski definition) is 1. The zero-order chi connectivity index (χ0) is 14.7. The third-order valence-electron chi connectivity index (χ3n) is 4.41. The van der Waals surface area contributed by atoms with Crippen LogP contribution in [-0.4, -0.2) is 36.7 Å². The molecule has 2 aliphatic rings. The molecule has 2 fully saturated rings. The Morgan fingerprint density at radius 3 is 2.90 bits per heavy atom. The van der Waals surface area contributed by atoms with Crippen molar-refractivity contribution in [3.05, 3.63) is 29.8 Å². The lowest BCUT2D eigenvalue weighted by atomic mass is 10.1. The summed E-state index contributed by atoms with van der Waals surface area (Å²) in [5.41, 5.74) is 1.31. The number of hydrogen-bond acceptors (Lipinski definition) is 3. The summed E-state index contributed by atoms with van der Waals surface area (Å²) in [4.78, 5) is 2.68. The Hall–Kier alpha value is -1.06. The summed E-state index contributed by atoms with van der Waals surface area (Å²) in [5, 5.41) is 3.62. The van der Waals surface area contributed by atoms with Crippen molar-refractivity contribution in [2.24, 2.45) is 5.92 Å². The van der Waals surface area contributed by atoms with Crippen LogP contribution in [0.2, 0.25) is 0 Å². The molecule has 0 bridgehead atoms. The number of nitrogens with zero attached hydrogens (tertiary/aromatic N) is 1. The van der Waals surface area contributed by atoms with E-state index in [2.05, 4.69) is 42.3 Å². The van der Waals surface area contributed by atoms with Crippen LogP contribution in [-0.2, 0) is 6.54 Å². The molecule has 1 heterocycles. The van der Waals surface area contributed by atoms with Gasteiger partial charge in [-0.25, -0.2) is 0 Å². The number of benzene rings is 1. The summed E-state index contributed by atoms with van der Waals surface area (Å²) in [6.45, 7) is 8.82. The van der Waals surface area contributed by atoms with Gasteiger partial charge in [-0.3, -0.25) is 0 Å². The third kappa shape index (κ3) is 4.45. The summed E-state index contributed by atoms with van der Waals surface area (Å²) in [5.74, 6) is 1.81. The van der Waals surface area contributed by atoms with Crippen LogP contribution in [0.5, 0.6) is 5.75 Å². The summed E-state index contributed by atoms with van der Waals surface area (Å²) < 4.78 is 5.75. The molecule has 0 aromatic heterocycles. The molecule has 116 valence electrons. The maximum absolute atomic E-state index is 5.75. The van der Waals surface area contributed by atoms with Crippen molar-refractivity contribution in [1.29, 1.82) is 0 Å². The Morgan fingerprint density at radius 1 is 1.29 bits per heavy atom. The lowest BCUT2D eigenvalue weighted by Gasteiger charge is -2.15. The molecular weight excluding hydrogens is 260 g/mol. The molecule has 1 atom stereocenters. The van der Waals surface area contributed by atoms with E-state index in [0.717, 1.165) is 30.8 Å². The van der Waals surface area contributed by atoms with Gasteiger partial charge in [0, 0.05) is 19.1 Å². The van der Waals surface area contributed by atoms with Crippen LogP contribution in [0.1, 0.15) is 38.7 Å². The van der Waals surface area contributed by atoms with Crippen LogP contribution in [0.25, 0.3) is 0 Å². The van der Waals surface area contributed by atoms with Gasteiger partial charge < -0.3 is 15.0 Å². The van der Waals surface area contributed by atoms with Gasteiger partial charge in [-0.2, -0.15) is 0 Å². The van der Waals surface area contributed by atoms with Gasteiger partial charge >= 0.3 is 0 Å². The van der Waals surface area contributed by atoms with Crippen LogP contribution in [0.15, 0.2) is 24.3 Å². The smallest absolute Gasteiger partial charge is 0.120 e. The first kappa shape index (κ1) is 14.9. The van der Waals surface area contributed by atoms with E-state index in [1.54, 1.807) is 0 Å². The Balaban J connectivity index is 1.40. The first-order valence-corrected chi connectivity index (χ1v) is 8.41. The fraction of sp³-hybridized carbons (Fsp3) is 0.667. The van der Waals surface area contributed by atoms with E-state index in [9.17, 15) is 0 Å². The molecular formula is C18H28N2O. The van der Waals surface area contributed by atoms with Gasteiger partial charge in [-0.1, -0.05) is 12.1 Å². The average molecular weight is 288 g/mol. The number of likely N-dealkylation sites (tertiary alicyclic amines) is 1. The highest BCUT2D eigenvalue weighted by Crippen LogP contribution is 2.31. The van der Waals surface area contributed by atoms with Gasteiger partial charge in [0.2, 0.25) is 0 Å². The van der Waals surface area contributed by atoms with E-state index < -0.39 is 0 Å². The van der Waals surface area contributed by atoms with Gasteiger partial charge in [0.25, 0.3) is 0 Å². The van der Waals surface area contributed by atoms with Crippen LogP contribution >= 0.6 is 0 Å². The van der Waals surface area contributed by atoms with E-state index in [0.29, 0.717) is 0 Å². The molecule has 3 rings (SSSR count). The van der Waals surface area contributed by atoms with Gasteiger partial charge in [0.1, 0.15) is 5.75 Å². The maximum Gasteiger partial charge on any atom is 0.120 e.